The van der Waals surface area contributed by atoms with E-state index in [1.54, 1.807) is 0 Å². The van der Waals surface area contributed by atoms with Crippen LogP contribution in [0.4, 0.5) is 5.13 Å². The van der Waals surface area contributed by atoms with Gasteiger partial charge in [0.15, 0.2) is 16.6 Å². The number of anilines is 1. The maximum atomic E-state index is 13.6. The number of amides is 4. The summed E-state index contributed by atoms with van der Waals surface area (Å²) in [5.74, 6) is -11.2. The van der Waals surface area contributed by atoms with Crippen LogP contribution in [-0.4, -0.2) is 129 Å². The number of carbonyl (C=O) groups is 7. The lowest BCUT2D eigenvalue weighted by Crippen LogP contribution is -2.57. The highest BCUT2D eigenvalue weighted by atomic mass is 32.1. The number of rotatable bonds is 9. The van der Waals surface area contributed by atoms with Gasteiger partial charge in [0.25, 0.3) is 23.6 Å². The molecule has 0 saturated carbocycles. The first kappa shape index (κ1) is 33.6. The Balaban J connectivity index is 1.11. The number of fused-ring (bicyclic) bond motifs is 3. The molecular formula is C28H25N7O15S. The zero-order valence-corrected chi connectivity index (χ0v) is 26.5. The first-order chi connectivity index (χ1) is 24.1. The van der Waals surface area contributed by atoms with E-state index in [9.17, 15) is 54.0 Å². The SMILES string of the molecule is Nc1nc(/C(=N/OC2(C(=O)O)CC3CCC(C2)O3)C(=O)N[C@H]2CON(C3(C(=O)O)CC(N4C(=O)c5cc(O)c(O)cc5C4=O)C(=O)O3)C2=O)ns1. The number of nitrogens with two attached hydrogens (primary N) is 1. The van der Waals surface area contributed by atoms with E-state index in [1.165, 1.54) is 0 Å². The Morgan fingerprint density at radius 2 is 1.63 bits per heavy atom. The van der Waals surface area contributed by atoms with Gasteiger partial charge in [-0.05, 0) is 25.0 Å². The van der Waals surface area contributed by atoms with E-state index in [-0.39, 0.29) is 40.0 Å². The summed E-state index contributed by atoms with van der Waals surface area (Å²) in [5, 5.41) is 46.0. The van der Waals surface area contributed by atoms with Crippen molar-refractivity contribution >= 4 is 63.9 Å². The summed E-state index contributed by atoms with van der Waals surface area (Å²) in [5.41, 5.74) is -0.575. The number of phenols is 2. The topological polar surface area (TPSA) is 320 Å². The minimum atomic E-state index is -2.93. The van der Waals surface area contributed by atoms with Crippen molar-refractivity contribution in [1.29, 1.82) is 0 Å². The number of imide groups is 1. The second kappa shape index (κ2) is 11.8. The van der Waals surface area contributed by atoms with Crippen LogP contribution in [0, 0.1) is 0 Å². The molecule has 4 fully saturated rings. The van der Waals surface area contributed by atoms with Crippen molar-refractivity contribution in [3.05, 3.63) is 29.1 Å². The second-order valence-corrected chi connectivity index (χ2v) is 13.0. The highest BCUT2D eigenvalue weighted by Crippen LogP contribution is 2.42. The molecule has 2 bridgehead atoms. The fourth-order valence-electron chi connectivity index (χ4n) is 6.60. The molecule has 22 nitrogen and oxygen atoms in total. The van der Waals surface area contributed by atoms with E-state index in [4.69, 9.17) is 24.9 Å². The van der Waals surface area contributed by atoms with E-state index >= 15 is 0 Å². The number of benzene rings is 1. The number of nitrogens with zero attached hydrogens (tertiary/aromatic N) is 5. The molecule has 1 aromatic carbocycles. The van der Waals surface area contributed by atoms with Gasteiger partial charge >= 0.3 is 23.6 Å². The van der Waals surface area contributed by atoms with Crippen molar-refractivity contribution < 1.29 is 73.1 Å². The van der Waals surface area contributed by atoms with Gasteiger partial charge in [-0.3, -0.25) is 28.9 Å². The smallest absolute Gasteiger partial charge is 0.372 e. The number of hydroxylamine groups is 2. The summed E-state index contributed by atoms with van der Waals surface area (Å²) < 4.78 is 14.7. The van der Waals surface area contributed by atoms with E-state index in [2.05, 4.69) is 19.8 Å². The van der Waals surface area contributed by atoms with Crippen LogP contribution in [0.25, 0.3) is 0 Å². The number of phenolic OH excluding ortho intramolecular Hbond substituents is 2. The van der Waals surface area contributed by atoms with Crippen molar-refractivity contribution in [3.63, 3.8) is 0 Å². The highest BCUT2D eigenvalue weighted by molar-refractivity contribution is 7.09. The predicted octanol–water partition coefficient (Wildman–Crippen LogP) is -1.93. The number of nitrogens with one attached hydrogen (secondary N) is 1. The largest absolute Gasteiger partial charge is 0.504 e. The van der Waals surface area contributed by atoms with Gasteiger partial charge in [0.1, 0.15) is 18.7 Å². The van der Waals surface area contributed by atoms with Crippen molar-refractivity contribution in [2.24, 2.45) is 5.16 Å². The maximum absolute atomic E-state index is 13.6. The number of nitrogen functional groups attached to an aromatic ring is 1. The molecule has 4 amide bonds. The van der Waals surface area contributed by atoms with Crippen LogP contribution in [0.3, 0.4) is 0 Å². The molecule has 5 aliphatic heterocycles. The van der Waals surface area contributed by atoms with Crippen molar-refractivity contribution in [3.8, 4) is 11.5 Å². The third-order valence-corrected chi connectivity index (χ3v) is 9.60. The lowest BCUT2D eigenvalue weighted by Gasteiger charge is -2.34. The molecule has 5 aliphatic rings. The maximum Gasteiger partial charge on any atom is 0.372 e. The monoisotopic (exact) mass is 731 g/mol. The van der Waals surface area contributed by atoms with Crippen LogP contribution >= 0.6 is 11.5 Å². The fourth-order valence-corrected chi connectivity index (χ4v) is 7.03. The molecule has 4 unspecified atom stereocenters. The Hall–Kier alpha value is -5.94. The van der Waals surface area contributed by atoms with Gasteiger partial charge in [-0.1, -0.05) is 5.16 Å². The minimum Gasteiger partial charge on any atom is -0.504 e. The molecule has 1 aromatic heterocycles. The molecule has 7 N–H and O–H groups in total. The quantitative estimate of drug-likeness (QED) is 0.0537. The summed E-state index contributed by atoms with van der Waals surface area (Å²) >= 11 is 0.673. The van der Waals surface area contributed by atoms with E-state index in [0.29, 0.717) is 29.3 Å². The average Bonchev–Trinajstić information content (AvgIpc) is 3.88. The number of hydrogen-bond donors (Lipinski definition) is 6. The number of carbonyl (C=O) groups excluding carboxylic acids is 5. The fraction of sp³-hybridized carbons (Fsp3) is 0.429. The standard InChI is InChI=1S/C28H25N7O15S/c29-26-31-18(33-51-26)17(32-50-27(24(43)44)5-9-1-2-10(6-27)48-9)19(38)30-13-8-47-35(22(13)41)28(25(45)46)7-14(23(42)49-28)34-20(39)11-3-15(36)16(37)4-12(11)21(34)40/h3-4,9-10,13-14,36-37H,1-2,5-8H2,(H,30,38)(H,43,44)(H,45,46)(H2,29,31,33)/b32-17-/t9?,10?,13-,14?,27?,28?/m0/s1. The summed E-state index contributed by atoms with van der Waals surface area (Å²) in [6.07, 6.45) is -0.777. The Labute approximate surface area is 287 Å². The van der Waals surface area contributed by atoms with Gasteiger partial charge in [-0.2, -0.15) is 14.4 Å². The number of cyclic esters (lactones) is 1. The normalized spacial score (nSPS) is 30.1. The summed E-state index contributed by atoms with van der Waals surface area (Å²) in [6.45, 7) is -0.714. The Kier molecular flexibility index (Phi) is 7.79. The summed E-state index contributed by atoms with van der Waals surface area (Å²) in [6, 6.07) is -1.97. The third-order valence-electron chi connectivity index (χ3n) is 9.05. The first-order valence-electron chi connectivity index (χ1n) is 15.1. The number of hydrogen-bond acceptors (Lipinski definition) is 18. The third kappa shape index (κ3) is 5.32. The zero-order valence-electron chi connectivity index (χ0n) is 25.7. The van der Waals surface area contributed by atoms with Crippen molar-refractivity contribution in [1.82, 2.24) is 24.6 Å². The van der Waals surface area contributed by atoms with Crippen LogP contribution < -0.4 is 11.1 Å². The molecule has 2 aromatic rings. The number of aromatic hydroxyl groups is 2. The second-order valence-electron chi connectivity index (χ2n) is 12.2. The first-order valence-corrected chi connectivity index (χ1v) is 15.8. The number of aliphatic carboxylic acids is 2. The van der Waals surface area contributed by atoms with Crippen LogP contribution in [0.2, 0.25) is 0 Å². The molecule has 4 saturated heterocycles. The summed E-state index contributed by atoms with van der Waals surface area (Å²) in [4.78, 5) is 106. The van der Waals surface area contributed by atoms with Gasteiger partial charge in [0.2, 0.25) is 17.1 Å². The molecule has 5 atom stereocenters. The molecule has 0 aliphatic carbocycles. The van der Waals surface area contributed by atoms with Gasteiger partial charge in [0, 0.05) is 24.4 Å². The highest BCUT2D eigenvalue weighted by Gasteiger charge is 2.65. The molecule has 51 heavy (non-hydrogen) atoms. The van der Waals surface area contributed by atoms with Crippen LogP contribution in [0.5, 0.6) is 11.5 Å². The predicted molar refractivity (Wildman–Crippen MR) is 159 cm³/mol. The molecule has 6 heterocycles. The number of oxime groups is 1. The van der Waals surface area contributed by atoms with E-state index < -0.39 is 107 Å². The molecule has 0 radical (unpaired) electrons. The Morgan fingerprint density at radius 1 is 1.00 bits per heavy atom. The van der Waals surface area contributed by atoms with Gasteiger partial charge in [-0.25, -0.2) is 14.4 Å². The van der Waals surface area contributed by atoms with Crippen molar-refractivity contribution in [2.75, 3.05) is 12.3 Å². The molecular weight excluding hydrogens is 706 g/mol. The lowest BCUT2D eigenvalue weighted by molar-refractivity contribution is -0.256. The lowest BCUT2D eigenvalue weighted by atomic mass is 9.90. The van der Waals surface area contributed by atoms with E-state index in [1.807, 2.05) is 0 Å². The van der Waals surface area contributed by atoms with Crippen molar-refractivity contribution in [2.45, 2.75) is 67.7 Å². The van der Waals surface area contributed by atoms with Gasteiger partial charge in [-0.15, -0.1) is 0 Å². The Morgan fingerprint density at radius 3 is 2.18 bits per heavy atom. The van der Waals surface area contributed by atoms with E-state index in [0.717, 1.165) is 12.1 Å². The molecule has 23 heteroatoms. The minimum absolute atomic E-state index is 0.0730. The summed E-state index contributed by atoms with van der Waals surface area (Å²) in [7, 11) is 0. The van der Waals surface area contributed by atoms with Gasteiger partial charge in [0.05, 0.1) is 29.8 Å². The number of carboxylic acid groups (broad SMARTS) is 2. The van der Waals surface area contributed by atoms with Crippen LogP contribution in [-0.2, 0) is 43.1 Å². The zero-order chi connectivity index (χ0) is 36.6. The number of esters is 1. The average molecular weight is 732 g/mol. The molecule has 268 valence electrons. The molecule has 0 spiro atoms. The van der Waals surface area contributed by atoms with Crippen LogP contribution in [0.15, 0.2) is 17.3 Å². The number of carboxylic acids is 2. The number of ether oxygens (including phenoxy) is 2. The number of aromatic nitrogens is 2. The molecule has 7 rings (SSSR count). The van der Waals surface area contributed by atoms with Crippen LogP contribution in [0.1, 0.15) is 58.6 Å². The Bertz CT molecular complexity index is 1910. The van der Waals surface area contributed by atoms with Gasteiger partial charge < -0.3 is 45.8 Å².